The van der Waals surface area contributed by atoms with Gasteiger partial charge in [-0.05, 0) is 6.42 Å². The van der Waals surface area contributed by atoms with Gasteiger partial charge in [0.05, 0.1) is 6.61 Å². The summed E-state index contributed by atoms with van der Waals surface area (Å²) in [5.41, 5.74) is -0.102. The van der Waals surface area contributed by atoms with Crippen LogP contribution in [0.15, 0.2) is 10.7 Å². The summed E-state index contributed by atoms with van der Waals surface area (Å²) in [6.45, 7) is 3.93. The summed E-state index contributed by atoms with van der Waals surface area (Å²) in [7, 11) is 0. The summed E-state index contributed by atoms with van der Waals surface area (Å²) in [5.74, 6) is -1.10. The van der Waals surface area contributed by atoms with Crippen LogP contribution in [-0.2, 0) is 4.74 Å². The highest BCUT2D eigenvalue weighted by Gasteiger charge is 2.09. The minimum absolute atomic E-state index is 0.102. The number of anilines is 1. The van der Waals surface area contributed by atoms with E-state index in [1.807, 2.05) is 0 Å². The zero-order valence-corrected chi connectivity index (χ0v) is 9.23. The molecule has 90 valence electrons. The first kappa shape index (κ1) is 12.5. The van der Waals surface area contributed by atoms with Crippen molar-refractivity contribution in [2.24, 2.45) is 0 Å². The Morgan fingerprint density at radius 3 is 3.06 bits per heavy atom. The van der Waals surface area contributed by atoms with Gasteiger partial charge in [-0.2, -0.15) is 4.98 Å². The lowest BCUT2D eigenvalue weighted by atomic mass is 10.4. The Morgan fingerprint density at radius 2 is 2.44 bits per heavy atom. The SMILES string of the molecule is CCCCOCCNc1nc(C(=O)O)co1. The Morgan fingerprint density at radius 1 is 1.62 bits per heavy atom. The van der Waals surface area contributed by atoms with Crippen LogP contribution in [0.2, 0.25) is 0 Å². The van der Waals surface area contributed by atoms with Crippen LogP contribution in [-0.4, -0.2) is 35.8 Å². The molecule has 6 nitrogen and oxygen atoms in total. The molecule has 0 bridgehead atoms. The van der Waals surface area contributed by atoms with Gasteiger partial charge in [-0.15, -0.1) is 0 Å². The molecule has 0 spiro atoms. The summed E-state index contributed by atoms with van der Waals surface area (Å²) >= 11 is 0. The van der Waals surface area contributed by atoms with E-state index < -0.39 is 5.97 Å². The number of rotatable bonds is 8. The van der Waals surface area contributed by atoms with Crippen molar-refractivity contribution in [3.8, 4) is 0 Å². The van der Waals surface area contributed by atoms with Gasteiger partial charge < -0.3 is 19.6 Å². The number of carboxylic acids is 1. The Kier molecular flexibility index (Phi) is 5.35. The molecule has 1 aromatic rings. The first-order valence-electron chi connectivity index (χ1n) is 5.24. The van der Waals surface area contributed by atoms with Crippen LogP contribution in [0.4, 0.5) is 6.01 Å². The summed E-state index contributed by atoms with van der Waals surface area (Å²) in [4.78, 5) is 14.2. The molecule has 6 heteroatoms. The van der Waals surface area contributed by atoms with Crippen molar-refractivity contribution in [3.05, 3.63) is 12.0 Å². The third-order valence-corrected chi connectivity index (χ3v) is 1.89. The second-order valence-corrected chi connectivity index (χ2v) is 3.24. The van der Waals surface area contributed by atoms with Crippen LogP contribution in [0.25, 0.3) is 0 Å². The molecule has 0 unspecified atom stereocenters. The molecule has 16 heavy (non-hydrogen) atoms. The Bertz CT molecular complexity index is 324. The van der Waals surface area contributed by atoms with E-state index in [0.717, 1.165) is 25.7 Å². The highest BCUT2D eigenvalue weighted by Crippen LogP contribution is 2.06. The number of oxazole rings is 1. The van der Waals surface area contributed by atoms with Gasteiger partial charge in [0.25, 0.3) is 6.01 Å². The van der Waals surface area contributed by atoms with E-state index in [4.69, 9.17) is 14.3 Å². The number of nitrogens with one attached hydrogen (secondary N) is 1. The van der Waals surface area contributed by atoms with Crippen LogP contribution >= 0.6 is 0 Å². The molecule has 2 N–H and O–H groups in total. The second-order valence-electron chi connectivity index (χ2n) is 3.24. The molecule has 0 aromatic carbocycles. The molecule has 0 aliphatic heterocycles. The lowest BCUT2D eigenvalue weighted by Crippen LogP contribution is -2.10. The van der Waals surface area contributed by atoms with Crippen molar-refractivity contribution in [2.75, 3.05) is 25.1 Å². The molecule has 1 heterocycles. The van der Waals surface area contributed by atoms with Gasteiger partial charge in [0, 0.05) is 13.2 Å². The van der Waals surface area contributed by atoms with E-state index in [1.165, 1.54) is 0 Å². The van der Waals surface area contributed by atoms with Gasteiger partial charge >= 0.3 is 5.97 Å². The van der Waals surface area contributed by atoms with Crippen LogP contribution in [0.5, 0.6) is 0 Å². The van der Waals surface area contributed by atoms with Crippen LogP contribution in [0, 0.1) is 0 Å². The highest BCUT2D eigenvalue weighted by molar-refractivity contribution is 5.85. The largest absolute Gasteiger partial charge is 0.476 e. The number of aromatic nitrogens is 1. The van der Waals surface area contributed by atoms with Crippen molar-refractivity contribution in [1.82, 2.24) is 4.98 Å². The fourth-order valence-electron chi connectivity index (χ4n) is 1.03. The van der Waals surface area contributed by atoms with E-state index in [1.54, 1.807) is 0 Å². The number of hydrogen-bond acceptors (Lipinski definition) is 5. The van der Waals surface area contributed by atoms with Gasteiger partial charge in [-0.1, -0.05) is 13.3 Å². The molecule has 0 atom stereocenters. The molecule has 0 saturated carbocycles. The quantitative estimate of drug-likeness (QED) is 0.657. The number of ether oxygens (including phenoxy) is 1. The molecule has 0 fully saturated rings. The molecule has 1 aromatic heterocycles. The summed E-state index contributed by atoms with van der Waals surface area (Å²) in [6, 6.07) is 0.205. The van der Waals surface area contributed by atoms with Gasteiger partial charge in [0.15, 0.2) is 5.69 Å². The standard InChI is InChI=1S/C10H16N2O4/c1-2-3-5-15-6-4-11-10-12-8(7-16-10)9(13)14/h7H,2-6H2,1H3,(H,11,12)(H,13,14). The summed E-state index contributed by atoms with van der Waals surface area (Å²) < 4.78 is 10.2. The van der Waals surface area contributed by atoms with E-state index in [0.29, 0.717) is 13.2 Å². The van der Waals surface area contributed by atoms with Gasteiger partial charge in [-0.3, -0.25) is 0 Å². The van der Waals surface area contributed by atoms with Crippen molar-refractivity contribution < 1.29 is 19.1 Å². The average Bonchev–Trinajstić information content (AvgIpc) is 2.72. The maximum Gasteiger partial charge on any atom is 0.357 e. The fraction of sp³-hybridized carbons (Fsp3) is 0.600. The summed E-state index contributed by atoms with van der Waals surface area (Å²) in [6.07, 6.45) is 3.25. The number of unbranched alkanes of at least 4 members (excludes halogenated alkanes) is 1. The molecule has 0 saturated heterocycles. The molecule has 0 radical (unpaired) electrons. The predicted molar refractivity (Wildman–Crippen MR) is 57.7 cm³/mol. The van der Waals surface area contributed by atoms with Gasteiger partial charge in [0.1, 0.15) is 6.26 Å². The maximum atomic E-state index is 10.5. The third kappa shape index (κ3) is 4.31. The van der Waals surface area contributed by atoms with Gasteiger partial charge in [0.2, 0.25) is 0 Å². The van der Waals surface area contributed by atoms with Gasteiger partial charge in [-0.25, -0.2) is 4.79 Å². The van der Waals surface area contributed by atoms with E-state index in [2.05, 4.69) is 17.2 Å². The molecule has 0 aliphatic rings. The van der Waals surface area contributed by atoms with Crippen LogP contribution in [0.1, 0.15) is 30.3 Å². The molecule has 0 amide bonds. The fourth-order valence-corrected chi connectivity index (χ4v) is 1.03. The topological polar surface area (TPSA) is 84.6 Å². The number of aromatic carboxylic acids is 1. The summed E-state index contributed by atoms with van der Waals surface area (Å²) in [5, 5.41) is 11.4. The first-order chi connectivity index (χ1) is 7.74. The Hall–Kier alpha value is -1.56. The van der Waals surface area contributed by atoms with Crippen LogP contribution in [0.3, 0.4) is 0 Å². The first-order valence-corrected chi connectivity index (χ1v) is 5.24. The number of carbonyl (C=O) groups is 1. The molecular weight excluding hydrogens is 212 g/mol. The monoisotopic (exact) mass is 228 g/mol. The number of hydrogen-bond donors (Lipinski definition) is 2. The smallest absolute Gasteiger partial charge is 0.357 e. The minimum Gasteiger partial charge on any atom is -0.476 e. The Labute approximate surface area is 93.6 Å². The number of nitrogens with zero attached hydrogens (tertiary/aromatic N) is 1. The lowest BCUT2D eigenvalue weighted by Gasteiger charge is -2.02. The molecular formula is C10H16N2O4. The van der Waals surface area contributed by atoms with Crippen molar-refractivity contribution in [1.29, 1.82) is 0 Å². The molecule has 0 aliphatic carbocycles. The average molecular weight is 228 g/mol. The Balaban J connectivity index is 2.14. The van der Waals surface area contributed by atoms with E-state index in [-0.39, 0.29) is 11.7 Å². The minimum atomic E-state index is -1.10. The lowest BCUT2D eigenvalue weighted by molar-refractivity contribution is 0.0690. The highest BCUT2D eigenvalue weighted by atomic mass is 16.5. The second kappa shape index (κ2) is 6.84. The van der Waals surface area contributed by atoms with Crippen LogP contribution < -0.4 is 5.32 Å². The van der Waals surface area contributed by atoms with E-state index >= 15 is 0 Å². The van der Waals surface area contributed by atoms with Crippen molar-refractivity contribution in [2.45, 2.75) is 19.8 Å². The molecule has 1 rings (SSSR count). The van der Waals surface area contributed by atoms with Crippen molar-refractivity contribution in [3.63, 3.8) is 0 Å². The maximum absolute atomic E-state index is 10.5. The normalized spacial score (nSPS) is 10.3. The third-order valence-electron chi connectivity index (χ3n) is 1.89. The zero-order chi connectivity index (χ0) is 11.8. The predicted octanol–water partition coefficient (Wildman–Crippen LogP) is 1.60. The zero-order valence-electron chi connectivity index (χ0n) is 9.23. The van der Waals surface area contributed by atoms with E-state index in [9.17, 15) is 4.79 Å². The van der Waals surface area contributed by atoms with Crippen molar-refractivity contribution >= 4 is 12.0 Å². The number of carboxylic acid groups (broad SMARTS) is 1.